The Labute approximate surface area is 207 Å². The third-order valence-electron chi connectivity index (χ3n) is 6.51. The monoisotopic (exact) mass is 487 g/mol. The Morgan fingerprint density at radius 2 is 1.72 bits per heavy atom. The van der Waals surface area contributed by atoms with Gasteiger partial charge in [0.2, 0.25) is 5.78 Å². The number of methoxy groups -OCH3 is 1. The van der Waals surface area contributed by atoms with Crippen molar-refractivity contribution >= 4 is 23.2 Å². The molecular weight excluding hydrogens is 462 g/mol. The summed E-state index contributed by atoms with van der Waals surface area (Å²) in [5.74, 6) is 1.10. The second kappa shape index (κ2) is 9.71. The average molecular weight is 488 g/mol. The van der Waals surface area contributed by atoms with Crippen LogP contribution in [-0.2, 0) is 6.54 Å². The lowest BCUT2D eigenvalue weighted by atomic mass is 10.0. The Morgan fingerprint density at radius 1 is 1.03 bits per heavy atom. The summed E-state index contributed by atoms with van der Waals surface area (Å²) in [5, 5.41) is 21.5. The van der Waals surface area contributed by atoms with Crippen molar-refractivity contribution < 1.29 is 24.3 Å². The van der Waals surface area contributed by atoms with Gasteiger partial charge in [0, 0.05) is 50.5 Å². The van der Waals surface area contributed by atoms with Gasteiger partial charge in [-0.3, -0.25) is 19.8 Å². The zero-order valence-corrected chi connectivity index (χ0v) is 19.7. The van der Waals surface area contributed by atoms with Crippen LogP contribution in [0.1, 0.15) is 21.5 Å². The fraction of sp³-hybridized carbons (Fsp3) is 0.222. The van der Waals surface area contributed by atoms with Crippen molar-refractivity contribution in [2.75, 3.05) is 38.2 Å². The van der Waals surface area contributed by atoms with Gasteiger partial charge in [-0.25, -0.2) is 0 Å². The van der Waals surface area contributed by atoms with E-state index < -0.39 is 4.92 Å². The van der Waals surface area contributed by atoms with Gasteiger partial charge in [-0.05, 0) is 60.2 Å². The number of fused-ring (bicyclic) bond motifs is 1. The Morgan fingerprint density at radius 3 is 2.36 bits per heavy atom. The predicted octanol–water partition coefficient (Wildman–Crippen LogP) is 4.25. The lowest BCUT2D eigenvalue weighted by molar-refractivity contribution is -0.384. The van der Waals surface area contributed by atoms with Crippen LogP contribution in [0.25, 0.3) is 6.08 Å². The zero-order chi connectivity index (χ0) is 25.2. The van der Waals surface area contributed by atoms with Crippen molar-refractivity contribution in [3.05, 3.63) is 93.2 Å². The number of rotatable bonds is 6. The summed E-state index contributed by atoms with van der Waals surface area (Å²) < 4.78 is 11.2. The van der Waals surface area contributed by atoms with Crippen LogP contribution in [0.15, 0.2) is 66.4 Å². The number of hydrogen-bond donors (Lipinski definition) is 1. The van der Waals surface area contributed by atoms with Gasteiger partial charge in [0.05, 0.1) is 23.2 Å². The zero-order valence-electron chi connectivity index (χ0n) is 19.7. The molecule has 1 saturated heterocycles. The van der Waals surface area contributed by atoms with Crippen LogP contribution in [0.5, 0.6) is 17.2 Å². The number of carbonyl (C=O) groups excluding carboxylic acids is 1. The molecule has 9 nitrogen and oxygen atoms in total. The number of ketones is 1. The van der Waals surface area contributed by atoms with Crippen LogP contribution < -0.4 is 14.4 Å². The molecule has 1 fully saturated rings. The normalized spacial score (nSPS) is 16.6. The Hall–Kier alpha value is -4.37. The van der Waals surface area contributed by atoms with E-state index in [9.17, 15) is 20.0 Å². The molecule has 1 N–H and O–H groups in total. The first kappa shape index (κ1) is 23.4. The molecule has 0 unspecified atom stereocenters. The van der Waals surface area contributed by atoms with Gasteiger partial charge in [0.15, 0.2) is 5.76 Å². The van der Waals surface area contributed by atoms with Crippen LogP contribution in [0.3, 0.4) is 0 Å². The number of anilines is 1. The average Bonchev–Trinajstić information content (AvgIpc) is 3.21. The maximum atomic E-state index is 13.0. The molecule has 184 valence electrons. The molecule has 3 aromatic rings. The van der Waals surface area contributed by atoms with Crippen LogP contribution in [-0.4, -0.2) is 54.0 Å². The number of nitro groups is 1. The largest absolute Gasteiger partial charge is 0.507 e. The molecule has 36 heavy (non-hydrogen) atoms. The molecule has 0 atom stereocenters. The number of aromatic hydroxyl groups is 1. The van der Waals surface area contributed by atoms with Crippen LogP contribution in [0, 0.1) is 10.1 Å². The molecule has 2 aliphatic rings. The maximum Gasteiger partial charge on any atom is 0.269 e. The number of benzene rings is 3. The number of ether oxygens (including phenoxy) is 2. The van der Waals surface area contributed by atoms with Gasteiger partial charge in [-0.1, -0.05) is 0 Å². The van der Waals surface area contributed by atoms with Crippen molar-refractivity contribution in [1.82, 2.24) is 4.90 Å². The number of piperazine rings is 1. The SMILES string of the molecule is COc1ccc(N2CCN(Cc3c(O)ccc4c3O/C(=C/c3ccc([N+](=O)[O-])cc3)C4=O)CC2)cc1. The van der Waals surface area contributed by atoms with Gasteiger partial charge in [0.1, 0.15) is 17.2 Å². The molecule has 0 aromatic heterocycles. The second-order valence-electron chi connectivity index (χ2n) is 8.69. The highest BCUT2D eigenvalue weighted by Crippen LogP contribution is 2.40. The molecule has 0 spiro atoms. The third kappa shape index (κ3) is 4.60. The number of nitrogens with zero attached hydrogens (tertiary/aromatic N) is 3. The number of allylic oxidation sites excluding steroid dienone is 1. The highest BCUT2D eigenvalue weighted by atomic mass is 16.6. The number of Topliss-reactive ketones (excluding diaryl/α,β-unsaturated/α-hetero) is 1. The van der Waals surface area contributed by atoms with E-state index in [0.29, 0.717) is 29.0 Å². The summed E-state index contributed by atoms with van der Waals surface area (Å²) in [6.07, 6.45) is 1.56. The quantitative estimate of drug-likeness (QED) is 0.313. The first-order valence-electron chi connectivity index (χ1n) is 11.6. The maximum absolute atomic E-state index is 13.0. The lowest BCUT2D eigenvalue weighted by Gasteiger charge is -2.36. The summed E-state index contributed by atoms with van der Waals surface area (Å²) in [5.41, 5.74) is 2.68. The molecule has 0 radical (unpaired) electrons. The van der Waals surface area contributed by atoms with Gasteiger partial charge in [0.25, 0.3) is 5.69 Å². The predicted molar refractivity (Wildman–Crippen MR) is 135 cm³/mol. The van der Waals surface area contributed by atoms with Crippen molar-refractivity contribution in [2.45, 2.75) is 6.54 Å². The summed E-state index contributed by atoms with van der Waals surface area (Å²) in [6, 6.07) is 16.9. The van der Waals surface area contributed by atoms with Crippen molar-refractivity contribution in [3.8, 4) is 17.2 Å². The lowest BCUT2D eigenvalue weighted by Crippen LogP contribution is -2.46. The molecule has 0 saturated carbocycles. The van der Waals surface area contributed by atoms with Crippen LogP contribution in [0.2, 0.25) is 0 Å². The van der Waals surface area contributed by atoms with E-state index >= 15 is 0 Å². The Balaban J connectivity index is 1.29. The molecule has 0 amide bonds. The van der Waals surface area contributed by atoms with E-state index in [0.717, 1.165) is 37.6 Å². The third-order valence-corrected chi connectivity index (χ3v) is 6.51. The van der Waals surface area contributed by atoms with Crippen LogP contribution in [0.4, 0.5) is 11.4 Å². The molecule has 3 aromatic carbocycles. The molecule has 5 rings (SSSR count). The smallest absolute Gasteiger partial charge is 0.269 e. The molecule has 9 heteroatoms. The summed E-state index contributed by atoms with van der Waals surface area (Å²) >= 11 is 0. The van der Waals surface area contributed by atoms with Crippen molar-refractivity contribution in [2.24, 2.45) is 0 Å². The summed E-state index contributed by atoms with van der Waals surface area (Å²) in [7, 11) is 1.65. The minimum absolute atomic E-state index is 0.0293. The summed E-state index contributed by atoms with van der Waals surface area (Å²) in [4.78, 5) is 27.9. The summed E-state index contributed by atoms with van der Waals surface area (Å²) in [6.45, 7) is 3.67. The van der Waals surface area contributed by atoms with E-state index in [-0.39, 0.29) is 23.0 Å². The number of phenols is 1. The van der Waals surface area contributed by atoms with E-state index in [1.54, 1.807) is 31.4 Å². The molecule has 2 aliphatic heterocycles. The van der Waals surface area contributed by atoms with E-state index in [1.807, 2.05) is 24.3 Å². The molecule has 0 bridgehead atoms. The number of phenolic OH excluding ortho intramolecular Hbond substituents is 1. The van der Waals surface area contributed by atoms with Gasteiger partial charge >= 0.3 is 0 Å². The first-order chi connectivity index (χ1) is 17.4. The van der Waals surface area contributed by atoms with Crippen molar-refractivity contribution in [1.29, 1.82) is 0 Å². The highest BCUT2D eigenvalue weighted by molar-refractivity contribution is 6.15. The van der Waals surface area contributed by atoms with Gasteiger partial charge in [-0.15, -0.1) is 0 Å². The van der Waals surface area contributed by atoms with E-state index in [1.165, 1.54) is 18.2 Å². The second-order valence-corrected chi connectivity index (χ2v) is 8.69. The van der Waals surface area contributed by atoms with Gasteiger partial charge < -0.3 is 19.5 Å². The first-order valence-corrected chi connectivity index (χ1v) is 11.6. The van der Waals surface area contributed by atoms with Gasteiger partial charge in [-0.2, -0.15) is 0 Å². The topological polar surface area (TPSA) is 105 Å². The molecule has 0 aliphatic carbocycles. The van der Waals surface area contributed by atoms with Crippen LogP contribution >= 0.6 is 0 Å². The fourth-order valence-electron chi connectivity index (χ4n) is 4.47. The Bertz CT molecular complexity index is 1330. The molecular formula is C27H25N3O6. The molecule has 2 heterocycles. The van der Waals surface area contributed by atoms with E-state index in [4.69, 9.17) is 9.47 Å². The van der Waals surface area contributed by atoms with E-state index in [2.05, 4.69) is 9.80 Å². The number of hydrogen-bond acceptors (Lipinski definition) is 8. The number of nitro benzene ring substituents is 1. The van der Waals surface area contributed by atoms with Crippen molar-refractivity contribution in [3.63, 3.8) is 0 Å². The Kier molecular flexibility index (Phi) is 6.30. The fourth-order valence-corrected chi connectivity index (χ4v) is 4.47. The highest BCUT2D eigenvalue weighted by Gasteiger charge is 2.32. The standard InChI is InChI=1S/C27H25N3O6/c1-35-21-8-6-19(7-9-21)29-14-12-28(13-15-29)17-23-24(31)11-10-22-26(32)25(36-27(22)23)16-18-2-4-20(5-3-18)30(33)34/h2-11,16,31H,12-15,17H2,1H3/b25-16+. The number of non-ortho nitro benzene ring substituents is 1. The minimum atomic E-state index is -0.476. The minimum Gasteiger partial charge on any atom is -0.507 e. The number of carbonyl (C=O) groups is 1.